The van der Waals surface area contributed by atoms with E-state index >= 15 is 0 Å². The molecule has 0 saturated carbocycles. The smallest absolute Gasteiger partial charge is 0.489 e. The van der Waals surface area contributed by atoms with Gasteiger partial charge in [-0.05, 0) is 42.7 Å². The van der Waals surface area contributed by atoms with Crippen LogP contribution in [0.4, 0.5) is 12.9 Å². The Labute approximate surface area is 116 Å². The van der Waals surface area contributed by atoms with E-state index in [1.54, 1.807) is 0 Å². The summed E-state index contributed by atoms with van der Waals surface area (Å²) in [6.45, 7) is -0.560. The van der Waals surface area contributed by atoms with Gasteiger partial charge >= 0.3 is 6.98 Å². The summed E-state index contributed by atoms with van der Waals surface area (Å²) in [5, 5.41) is 0. The van der Waals surface area contributed by atoms with E-state index in [0.29, 0.717) is 12.4 Å². The summed E-state index contributed by atoms with van der Waals surface area (Å²) in [6.07, 6.45) is 0. The van der Waals surface area contributed by atoms with E-state index in [9.17, 15) is 12.9 Å². The second kappa shape index (κ2) is 5.61. The summed E-state index contributed by atoms with van der Waals surface area (Å²) in [4.78, 5) is 0. The molecule has 2 rings (SSSR count). The first-order valence-corrected chi connectivity index (χ1v) is 6.35. The van der Waals surface area contributed by atoms with Crippen LogP contribution in [0.3, 0.4) is 0 Å². The van der Waals surface area contributed by atoms with E-state index in [0.717, 1.165) is 17.7 Å². The van der Waals surface area contributed by atoms with Crippen molar-refractivity contribution < 1.29 is 17.7 Å². The Morgan fingerprint density at radius 3 is 2.10 bits per heavy atom. The molecule has 0 atom stereocenters. The monoisotopic (exact) mass is 279 g/mol. The highest BCUT2D eigenvalue weighted by atomic mass is 19.4. The summed E-state index contributed by atoms with van der Waals surface area (Å²) in [5.41, 5.74) is 2.76. The van der Waals surface area contributed by atoms with Crippen LogP contribution in [0, 0.1) is 13.8 Å². The Bertz CT molecular complexity index is 591. The van der Waals surface area contributed by atoms with Crippen LogP contribution in [-0.4, -0.2) is 6.98 Å². The molecule has 0 bridgehead atoms. The first-order chi connectivity index (χ1) is 9.36. The first-order valence-electron chi connectivity index (χ1n) is 6.35. The van der Waals surface area contributed by atoms with Crippen LogP contribution in [0.1, 0.15) is 16.7 Å². The molecule has 0 amide bonds. The number of aryl methyl sites for hydroxylation is 2. The SMILES string of the molecule is Cc1ccc(COc2ccc([B-](F)(F)F)cc2)cc1C. The van der Waals surface area contributed by atoms with Crippen molar-refractivity contribution in [2.75, 3.05) is 0 Å². The van der Waals surface area contributed by atoms with Crippen LogP contribution in [-0.2, 0) is 6.61 Å². The Kier molecular flexibility index (Phi) is 4.07. The topological polar surface area (TPSA) is 9.23 Å². The van der Waals surface area contributed by atoms with Crippen LogP contribution < -0.4 is 10.2 Å². The number of hydrogen-bond donors (Lipinski definition) is 0. The highest BCUT2D eigenvalue weighted by Crippen LogP contribution is 2.16. The second-order valence-corrected chi connectivity index (χ2v) is 4.85. The van der Waals surface area contributed by atoms with Gasteiger partial charge in [-0.3, -0.25) is 0 Å². The fourth-order valence-electron chi connectivity index (χ4n) is 1.84. The van der Waals surface area contributed by atoms with Gasteiger partial charge in [0, 0.05) is 0 Å². The Balaban J connectivity index is 2.02. The molecule has 0 spiro atoms. The zero-order valence-electron chi connectivity index (χ0n) is 11.4. The van der Waals surface area contributed by atoms with Crippen molar-refractivity contribution >= 4 is 12.4 Å². The maximum absolute atomic E-state index is 12.5. The molecule has 0 radical (unpaired) electrons. The molecule has 1 nitrogen and oxygen atoms in total. The van der Waals surface area contributed by atoms with Gasteiger partial charge in [0.15, 0.2) is 0 Å². The van der Waals surface area contributed by atoms with Gasteiger partial charge in [-0.25, -0.2) is 0 Å². The molecule has 0 aliphatic carbocycles. The molecule has 0 unspecified atom stereocenters. The number of rotatable bonds is 4. The van der Waals surface area contributed by atoms with Crippen molar-refractivity contribution in [1.82, 2.24) is 0 Å². The molecule has 0 fully saturated rings. The van der Waals surface area contributed by atoms with Crippen molar-refractivity contribution in [2.24, 2.45) is 0 Å². The van der Waals surface area contributed by atoms with Gasteiger partial charge in [-0.2, -0.15) is 0 Å². The van der Waals surface area contributed by atoms with Crippen molar-refractivity contribution in [3.63, 3.8) is 0 Å². The average Bonchev–Trinajstić information content (AvgIpc) is 2.40. The summed E-state index contributed by atoms with van der Waals surface area (Å²) >= 11 is 0. The third-order valence-electron chi connectivity index (χ3n) is 3.23. The Morgan fingerprint density at radius 2 is 1.55 bits per heavy atom. The first kappa shape index (κ1) is 14.5. The zero-order valence-corrected chi connectivity index (χ0v) is 11.4. The fraction of sp³-hybridized carbons (Fsp3) is 0.200. The molecule has 106 valence electrons. The largest absolute Gasteiger partial charge is 0.509 e. The highest BCUT2D eigenvalue weighted by molar-refractivity contribution is 6.73. The molecule has 0 heterocycles. The van der Waals surface area contributed by atoms with Crippen LogP contribution in [0.25, 0.3) is 0 Å². The van der Waals surface area contributed by atoms with E-state index < -0.39 is 12.4 Å². The number of hydrogen-bond acceptors (Lipinski definition) is 1. The minimum atomic E-state index is -4.94. The van der Waals surface area contributed by atoms with Gasteiger partial charge in [-0.1, -0.05) is 30.3 Å². The molecule has 0 N–H and O–H groups in total. The van der Waals surface area contributed by atoms with E-state index in [4.69, 9.17) is 4.74 Å². The van der Waals surface area contributed by atoms with Gasteiger partial charge in [-0.15, -0.1) is 5.46 Å². The summed E-state index contributed by atoms with van der Waals surface area (Å²) in [6, 6.07) is 10.8. The fourth-order valence-corrected chi connectivity index (χ4v) is 1.84. The molecule has 0 aliphatic rings. The summed E-state index contributed by atoms with van der Waals surface area (Å²) < 4.78 is 42.9. The van der Waals surface area contributed by atoms with Crippen molar-refractivity contribution in [3.8, 4) is 5.75 Å². The van der Waals surface area contributed by atoms with Gasteiger partial charge < -0.3 is 17.7 Å². The van der Waals surface area contributed by atoms with Crippen LogP contribution in [0.15, 0.2) is 42.5 Å². The molecule has 2 aromatic carbocycles. The minimum Gasteiger partial charge on any atom is -0.489 e. The standard InChI is InChI=1S/C15H15BF3O/c1-11-3-4-13(9-12(11)2)10-20-15-7-5-14(6-8-15)16(17,18)19/h3-9H,10H2,1-2H3/q-1. The molecule has 5 heteroatoms. The van der Waals surface area contributed by atoms with Gasteiger partial charge in [0.1, 0.15) is 12.4 Å². The third kappa shape index (κ3) is 3.56. The van der Waals surface area contributed by atoms with Crippen LogP contribution in [0.5, 0.6) is 5.75 Å². The van der Waals surface area contributed by atoms with Crippen LogP contribution >= 0.6 is 0 Å². The normalized spacial score (nSPS) is 11.4. The lowest BCUT2D eigenvalue weighted by molar-refractivity contribution is 0.306. The third-order valence-corrected chi connectivity index (χ3v) is 3.23. The molecule has 20 heavy (non-hydrogen) atoms. The zero-order chi connectivity index (χ0) is 14.8. The molecular formula is C15H15BF3O-. The molecule has 0 aromatic heterocycles. The molecule has 0 saturated heterocycles. The summed E-state index contributed by atoms with van der Waals surface area (Å²) in [7, 11) is 0. The molecule has 0 aliphatic heterocycles. The van der Waals surface area contributed by atoms with E-state index in [1.807, 2.05) is 32.0 Å². The maximum atomic E-state index is 12.5. The van der Waals surface area contributed by atoms with Gasteiger partial charge in [0.25, 0.3) is 0 Å². The van der Waals surface area contributed by atoms with Crippen molar-refractivity contribution in [2.45, 2.75) is 20.5 Å². The lowest BCUT2D eigenvalue weighted by Crippen LogP contribution is -2.33. The lowest BCUT2D eigenvalue weighted by Gasteiger charge is -2.15. The summed E-state index contributed by atoms with van der Waals surface area (Å²) in [5.74, 6) is 0.437. The minimum absolute atomic E-state index is 0.345. The quantitative estimate of drug-likeness (QED) is 0.770. The molecule has 2 aromatic rings. The number of halogens is 3. The maximum Gasteiger partial charge on any atom is 0.509 e. The lowest BCUT2D eigenvalue weighted by atomic mass is 9.80. The van der Waals surface area contributed by atoms with Crippen LogP contribution in [0.2, 0.25) is 0 Å². The predicted octanol–water partition coefficient (Wildman–Crippen LogP) is 3.94. The molecular weight excluding hydrogens is 264 g/mol. The van der Waals surface area contributed by atoms with E-state index in [-0.39, 0.29) is 0 Å². The van der Waals surface area contributed by atoms with E-state index in [1.165, 1.54) is 23.3 Å². The highest BCUT2D eigenvalue weighted by Gasteiger charge is 2.24. The number of benzene rings is 2. The predicted molar refractivity (Wildman–Crippen MR) is 75.4 cm³/mol. The second-order valence-electron chi connectivity index (χ2n) is 4.85. The number of ether oxygens (including phenoxy) is 1. The van der Waals surface area contributed by atoms with Gasteiger partial charge in [0.2, 0.25) is 0 Å². The Hall–Kier alpha value is -1.91. The van der Waals surface area contributed by atoms with Crippen molar-refractivity contribution in [3.05, 3.63) is 59.2 Å². The van der Waals surface area contributed by atoms with Gasteiger partial charge in [0.05, 0.1) is 0 Å². The average molecular weight is 279 g/mol. The Morgan fingerprint density at radius 1 is 0.900 bits per heavy atom. The van der Waals surface area contributed by atoms with E-state index in [2.05, 4.69) is 0 Å². The van der Waals surface area contributed by atoms with Crippen molar-refractivity contribution in [1.29, 1.82) is 0 Å².